The number of aryl methyl sites for hydroxylation is 1. The molecule has 0 aromatic carbocycles. The molecule has 0 aliphatic carbocycles. The molecule has 1 aliphatic heterocycles. The van der Waals surface area contributed by atoms with E-state index in [4.69, 9.17) is 4.74 Å². The first-order valence-electron chi connectivity index (χ1n) is 11.2. The van der Waals surface area contributed by atoms with Crippen LogP contribution in [0, 0.1) is 6.92 Å². The Hall–Kier alpha value is -3.66. The summed E-state index contributed by atoms with van der Waals surface area (Å²) in [5.74, 6) is -2.97. The van der Waals surface area contributed by atoms with Crippen LogP contribution in [0.25, 0.3) is 11.1 Å². The lowest BCUT2D eigenvalue weighted by molar-refractivity contribution is 0.0127. The molecule has 3 aromatic rings. The van der Waals surface area contributed by atoms with Gasteiger partial charge in [0.2, 0.25) is 0 Å². The van der Waals surface area contributed by atoms with Gasteiger partial charge >= 0.3 is 0 Å². The lowest BCUT2D eigenvalue weighted by Gasteiger charge is -2.36. The van der Waals surface area contributed by atoms with Crippen LogP contribution in [0.15, 0.2) is 47.5 Å². The second-order valence-corrected chi connectivity index (χ2v) is 8.75. The van der Waals surface area contributed by atoms with E-state index in [1.165, 1.54) is 24.5 Å². The first-order valence-corrected chi connectivity index (χ1v) is 11.2. The molecule has 4 heterocycles. The summed E-state index contributed by atoms with van der Waals surface area (Å²) in [6.07, 6.45) is 2.66. The summed E-state index contributed by atoms with van der Waals surface area (Å²) >= 11 is 0. The normalized spacial score (nSPS) is 16.3. The van der Waals surface area contributed by atoms with E-state index in [0.717, 1.165) is 18.8 Å². The van der Waals surface area contributed by atoms with Crippen LogP contribution in [-0.4, -0.2) is 46.2 Å². The van der Waals surface area contributed by atoms with E-state index in [2.05, 4.69) is 20.2 Å². The third kappa shape index (κ3) is 5.22. The highest BCUT2D eigenvalue weighted by molar-refractivity contribution is 6.04. The van der Waals surface area contributed by atoms with Crippen molar-refractivity contribution in [1.29, 1.82) is 0 Å². The number of carbonyl (C=O) groups is 1. The fourth-order valence-electron chi connectivity index (χ4n) is 4.03. The molecule has 0 saturated carbocycles. The number of ether oxygens (including phenoxy) is 1. The molecule has 184 valence electrons. The average molecular weight is 484 g/mol. The summed E-state index contributed by atoms with van der Waals surface area (Å²) in [4.78, 5) is 35.7. The summed E-state index contributed by atoms with van der Waals surface area (Å²) in [5, 5.41) is 2.70. The van der Waals surface area contributed by atoms with E-state index < -0.39 is 17.5 Å². The molecule has 4 rings (SSSR count). The molecule has 0 bridgehead atoms. The first-order chi connectivity index (χ1) is 16.5. The van der Waals surface area contributed by atoms with Crippen molar-refractivity contribution in [2.24, 2.45) is 7.05 Å². The van der Waals surface area contributed by atoms with Crippen LogP contribution in [-0.2, 0) is 17.7 Å². The van der Waals surface area contributed by atoms with E-state index >= 15 is 0 Å². The molecular formula is C25H27F2N5O3. The number of aromatic nitrogens is 3. The molecule has 1 saturated heterocycles. The van der Waals surface area contributed by atoms with Gasteiger partial charge in [0.1, 0.15) is 11.5 Å². The molecule has 8 nitrogen and oxygen atoms in total. The summed E-state index contributed by atoms with van der Waals surface area (Å²) < 4.78 is 34.4. The predicted octanol–water partition coefficient (Wildman–Crippen LogP) is 3.74. The highest BCUT2D eigenvalue weighted by Crippen LogP contribution is 2.29. The van der Waals surface area contributed by atoms with Crippen molar-refractivity contribution in [3.8, 4) is 11.1 Å². The van der Waals surface area contributed by atoms with Gasteiger partial charge in [-0.15, -0.1) is 0 Å². The number of pyridine rings is 3. The van der Waals surface area contributed by atoms with Crippen molar-refractivity contribution >= 4 is 17.4 Å². The van der Waals surface area contributed by atoms with Crippen LogP contribution in [0.5, 0.6) is 0 Å². The van der Waals surface area contributed by atoms with Gasteiger partial charge < -0.3 is 15.0 Å². The molecule has 0 radical (unpaired) electrons. The van der Waals surface area contributed by atoms with Crippen molar-refractivity contribution in [1.82, 2.24) is 14.5 Å². The number of rotatable bonds is 5. The summed E-state index contributed by atoms with van der Waals surface area (Å²) in [6.45, 7) is 6.39. The number of amides is 1. The molecule has 1 aliphatic rings. The number of nitrogens with one attached hydrogen (secondary N) is 1. The Morgan fingerprint density at radius 3 is 2.71 bits per heavy atom. The number of hydrogen-bond donors (Lipinski definition) is 1. The number of anilines is 2. The monoisotopic (exact) mass is 483 g/mol. The quantitative estimate of drug-likeness (QED) is 0.595. The van der Waals surface area contributed by atoms with E-state index in [0.29, 0.717) is 42.3 Å². The highest BCUT2D eigenvalue weighted by atomic mass is 19.3. The smallest absolute Gasteiger partial charge is 0.286 e. The second-order valence-electron chi connectivity index (χ2n) is 8.75. The van der Waals surface area contributed by atoms with Gasteiger partial charge in [0.25, 0.3) is 17.4 Å². The van der Waals surface area contributed by atoms with E-state index in [1.807, 2.05) is 19.9 Å². The number of nitrogens with zero attached hydrogens (tertiary/aromatic N) is 4. The maximum Gasteiger partial charge on any atom is 0.286 e. The maximum absolute atomic E-state index is 13.6. The fraction of sp³-hybridized carbons (Fsp3) is 0.360. The van der Waals surface area contributed by atoms with Crippen molar-refractivity contribution in [2.45, 2.75) is 32.7 Å². The largest absolute Gasteiger partial charge is 0.377 e. The molecule has 3 aromatic heterocycles. The van der Waals surface area contributed by atoms with Crippen LogP contribution in [0.4, 0.5) is 20.3 Å². The zero-order valence-electron chi connectivity index (χ0n) is 20.0. The van der Waals surface area contributed by atoms with Gasteiger partial charge in [-0.3, -0.25) is 24.1 Å². The second kappa shape index (κ2) is 9.53. The van der Waals surface area contributed by atoms with Crippen LogP contribution in [0.3, 0.4) is 0 Å². The van der Waals surface area contributed by atoms with Crippen LogP contribution < -0.4 is 15.8 Å². The Balaban J connectivity index is 1.67. The Labute approximate surface area is 201 Å². The summed E-state index contributed by atoms with van der Waals surface area (Å²) in [6, 6.07) is 7.71. The van der Waals surface area contributed by atoms with E-state index in [9.17, 15) is 18.4 Å². The highest BCUT2D eigenvalue weighted by Gasteiger charge is 2.27. The van der Waals surface area contributed by atoms with E-state index in [-0.39, 0.29) is 17.2 Å². The zero-order chi connectivity index (χ0) is 25.3. The Bertz CT molecular complexity index is 1320. The van der Waals surface area contributed by atoms with Gasteiger partial charge in [-0.2, -0.15) is 8.78 Å². The van der Waals surface area contributed by atoms with Crippen LogP contribution in [0.1, 0.15) is 35.6 Å². The first kappa shape index (κ1) is 24.5. The van der Waals surface area contributed by atoms with Crippen molar-refractivity contribution in [3.05, 3.63) is 70.0 Å². The van der Waals surface area contributed by atoms with Gasteiger partial charge in [0.05, 0.1) is 31.1 Å². The van der Waals surface area contributed by atoms with Crippen molar-refractivity contribution in [3.63, 3.8) is 0 Å². The van der Waals surface area contributed by atoms with Crippen molar-refractivity contribution < 1.29 is 18.3 Å². The summed E-state index contributed by atoms with van der Waals surface area (Å²) in [7, 11) is 1.73. The maximum atomic E-state index is 13.6. The molecule has 10 heteroatoms. The SMILES string of the molecule is Cc1ncc(NC(=O)c2ccnc(C(C)(F)F)c2)cc1-c1cc(N2CCOCC2C)n(C)c(=O)c1. The van der Waals surface area contributed by atoms with Gasteiger partial charge in [-0.25, -0.2) is 0 Å². The van der Waals surface area contributed by atoms with Gasteiger partial charge in [-0.05, 0) is 43.7 Å². The average Bonchev–Trinajstić information content (AvgIpc) is 2.82. The molecule has 1 unspecified atom stereocenters. The minimum atomic E-state index is -3.16. The lowest BCUT2D eigenvalue weighted by Crippen LogP contribution is -2.45. The number of halogens is 2. The van der Waals surface area contributed by atoms with Gasteiger partial charge in [0.15, 0.2) is 0 Å². The third-order valence-electron chi connectivity index (χ3n) is 6.03. The zero-order valence-corrected chi connectivity index (χ0v) is 20.0. The fourth-order valence-corrected chi connectivity index (χ4v) is 4.03. The molecule has 1 fully saturated rings. The Morgan fingerprint density at radius 2 is 2.00 bits per heavy atom. The number of alkyl halides is 2. The lowest BCUT2D eigenvalue weighted by atomic mass is 10.0. The standard InChI is InChI=1S/C25H27F2N5O3/c1-15-14-35-8-7-32(15)22-10-18(11-23(33)31(22)4)20-12-19(13-29-16(20)2)30-24(34)17-5-6-28-21(9-17)25(3,26)27/h5-6,9-13,15H,7-8,14H2,1-4H3,(H,30,34). The van der Waals surface area contributed by atoms with Gasteiger partial charge in [0, 0.05) is 49.6 Å². The Kier molecular flexibility index (Phi) is 6.66. The molecule has 35 heavy (non-hydrogen) atoms. The molecule has 1 N–H and O–H groups in total. The minimum absolute atomic E-state index is 0.0517. The van der Waals surface area contributed by atoms with Crippen LogP contribution in [0.2, 0.25) is 0 Å². The summed E-state index contributed by atoms with van der Waals surface area (Å²) in [5.41, 5.74) is 1.79. The molecule has 1 atom stereocenters. The van der Waals surface area contributed by atoms with E-state index in [1.54, 1.807) is 17.7 Å². The predicted molar refractivity (Wildman–Crippen MR) is 129 cm³/mol. The Morgan fingerprint density at radius 1 is 1.23 bits per heavy atom. The molecular weight excluding hydrogens is 456 g/mol. The number of carbonyl (C=O) groups excluding carboxylic acids is 1. The third-order valence-corrected chi connectivity index (χ3v) is 6.03. The minimum Gasteiger partial charge on any atom is -0.377 e. The van der Waals surface area contributed by atoms with Gasteiger partial charge in [-0.1, -0.05) is 0 Å². The number of hydrogen-bond acceptors (Lipinski definition) is 6. The van der Waals surface area contributed by atoms with Crippen molar-refractivity contribution in [2.75, 3.05) is 30.0 Å². The van der Waals surface area contributed by atoms with Crippen LogP contribution >= 0.6 is 0 Å². The molecule has 0 spiro atoms. The topological polar surface area (TPSA) is 89.3 Å². The number of morpholine rings is 1. The molecule has 1 amide bonds.